The van der Waals surface area contributed by atoms with Gasteiger partial charge in [-0.25, -0.2) is 0 Å². The van der Waals surface area contributed by atoms with Crippen molar-refractivity contribution in [1.29, 1.82) is 0 Å². The molecule has 6 nitrogen and oxygen atoms in total. The lowest BCUT2D eigenvalue weighted by Crippen LogP contribution is -2.30. The molecule has 0 aliphatic rings. The summed E-state index contributed by atoms with van der Waals surface area (Å²) in [4.78, 5) is 11.9. The number of aryl methyl sites for hydroxylation is 2. The average molecular weight is 302 g/mol. The number of hydrogen-bond donors (Lipinski definition) is 2. The Hall–Kier alpha value is -2.18. The van der Waals surface area contributed by atoms with Gasteiger partial charge in [0.15, 0.2) is 0 Å². The first-order valence-electron chi connectivity index (χ1n) is 7.21. The van der Waals surface area contributed by atoms with Gasteiger partial charge in [-0.15, -0.1) is 0 Å². The predicted molar refractivity (Wildman–Crippen MR) is 86.8 cm³/mol. The number of ether oxygens (including phenoxy) is 1. The second-order valence-corrected chi connectivity index (χ2v) is 5.07. The van der Waals surface area contributed by atoms with Crippen LogP contribution in [0.5, 0.6) is 0 Å². The second kappa shape index (κ2) is 7.72. The van der Waals surface area contributed by atoms with Gasteiger partial charge in [0.2, 0.25) is 5.91 Å². The number of methoxy groups -OCH3 is 1. The molecule has 2 N–H and O–H groups in total. The van der Waals surface area contributed by atoms with E-state index in [0.29, 0.717) is 19.0 Å². The van der Waals surface area contributed by atoms with E-state index in [0.717, 1.165) is 16.8 Å². The molecule has 1 heterocycles. The maximum Gasteiger partial charge on any atom is 0.239 e. The second-order valence-electron chi connectivity index (χ2n) is 5.07. The monoisotopic (exact) mass is 302 g/mol. The third-order valence-corrected chi connectivity index (χ3v) is 3.34. The number of benzene rings is 1. The van der Waals surface area contributed by atoms with Gasteiger partial charge in [-0.2, -0.15) is 5.10 Å². The molecule has 0 radical (unpaired) electrons. The summed E-state index contributed by atoms with van der Waals surface area (Å²) in [6.45, 7) is 3.51. The molecule has 22 heavy (non-hydrogen) atoms. The van der Waals surface area contributed by atoms with Gasteiger partial charge in [-0.1, -0.05) is 24.3 Å². The fraction of sp³-hybridized carbons (Fsp3) is 0.375. The maximum atomic E-state index is 11.9. The molecule has 0 fully saturated rings. The fourth-order valence-corrected chi connectivity index (χ4v) is 2.14. The molecule has 0 aliphatic heterocycles. The minimum Gasteiger partial charge on any atom is -0.383 e. The summed E-state index contributed by atoms with van der Waals surface area (Å²) in [5, 5.41) is 10.3. The summed E-state index contributed by atoms with van der Waals surface area (Å²) in [6, 6.07) is 9.93. The van der Waals surface area contributed by atoms with Gasteiger partial charge in [0.25, 0.3) is 0 Å². The molecule has 0 bridgehead atoms. The van der Waals surface area contributed by atoms with Gasteiger partial charge < -0.3 is 15.4 Å². The van der Waals surface area contributed by atoms with E-state index in [1.807, 2.05) is 44.3 Å². The van der Waals surface area contributed by atoms with E-state index < -0.39 is 0 Å². The Balaban J connectivity index is 2.01. The van der Waals surface area contributed by atoms with Crippen molar-refractivity contribution in [3.63, 3.8) is 0 Å². The fourth-order valence-electron chi connectivity index (χ4n) is 2.14. The number of carbonyl (C=O) groups is 1. The highest BCUT2D eigenvalue weighted by Gasteiger charge is 2.11. The summed E-state index contributed by atoms with van der Waals surface area (Å²) < 4.78 is 6.59. The van der Waals surface area contributed by atoms with Crippen LogP contribution in [-0.2, 0) is 16.6 Å². The molecule has 0 saturated carbocycles. The van der Waals surface area contributed by atoms with Crippen LogP contribution in [-0.4, -0.2) is 42.5 Å². The number of hydrogen-bond acceptors (Lipinski definition) is 4. The summed E-state index contributed by atoms with van der Waals surface area (Å²) in [5.74, 6) is 0.576. The predicted octanol–water partition coefficient (Wildman–Crippen LogP) is 1.57. The van der Waals surface area contributed by atoms with Crippen LogP contribution < -0.4 is 10.6 Å². The van der Waals surface area contributed by atoms with E-state index in [9.17, 15) is 4.79 Å². The highest BCUT2D eigenvalue weighted by atomic mass is 16.5. The van der Waals surface area contributed by atoms with Gasteiger partial charge in [0.1, 0.15) is 5.82 Å². The third-order valence-electron chi connectivity index (χ3n) is 3.34. The lowest BCUT2D eigenvalue weighted by atomic mass is 10.1. The van der Waals surface area contributed by atoms with Crippen molar-refractivity contribution in [1.82, 2.24) is 15.1 Å². The molecule has 1 aromatic carbocycles. The van der Waals surface area contributed by atoms with Crippen LogP contribution in [0.15, 0.2) is 30.3 Å². The Morgan fingerprint density at radius 1 is 1.36 bits per heavy atom. The number of anilines is 1. The first-order chi connectivity index (χ1) is 10.6. The van der Waals surface area contributed by atoms with Crippen molar-refractivity contribution in [3.05, 3.63) is 35.9 Å². The smallest absolute Gasteiger partial charge is 0.239 e. The molecule has 0 aliphatic carbocycles. The molecule has 2 rings (SSSR count). The van der Waals surface area contributed by atoms with E-state index in [2.05, 4.69) is 15.7 Å². The maximum absolute atomic E-state index is 11.9. The van der Waals surface area contributed by atoms with Crippen LogP contribution in [0.2, 0.25) is 0 Å². The van der Waals surface area contributed by atoms with Gasteiger partial charge in [-0.05, 0) is 12.5 Å². The lowest BCUT2D eigenvalue weighted by molar-refractivity contribution is -0.115. The molecule has 0 unspecified atom stereocenters. The zero-order valence-corrected chi connectivity index (χ0v) is 13.2. The number of aromatic nitrogens is 2. The molecular formula is C16H22N4O2. The minimum absolute atomic E-state index is 0.101. The number of amides is 1. The van der Waals surface area contributed by atoms with Crippen molar-refractivity contribution in [2.75, 3.05) is 32.1 Å². The average Bonchev–Trinajstić information content (AvgIpc) is 2.85. The third kappa shape index (κ3) is 4.16. The molecule has 0 saturated heterocycles. The van der Waals surface area contributed by atoms with E-state index in [1.54, 1.807) is 11.8 Å². The van der Waals surface area contributed by atoms with E-state index in [-0.39, 0.29) is 12.5 Å². The van der Waals surface area contributed by atoms with Crippen LogP contribution in [0.3, 0.4) is 0 Å². The summed E-state index contributed by atoms with van der Waals surface area (Å²) in [7, 11) is 3.44. The van der Waals surface area contributed by atoms with Crippen LogP contribution in [0.1, 0.15) is 5.56 Å². The Morgan fingerprint density at radius 2 is 2.14 bits per heavy atom. The van der Waals surface area contributed by atoms with Gasteiger partial charge >= 0.3 is 0 Å². The first kappa shape index (κ1) is 16.2. The van der Waals surface area contributed by atoms with Crippen LogP contribution in [0.4, 0.5) is 5.82 Å². The SMILES string of the molecule is COCCNCC(=O)Nc1cc(-c2ccccc2C)nn1C. The van der Waals surface area contributed by atoms with Gasteiger partial charge in [-0.3, -0.25) is 9.48 Å². The lowest BCUT2D eigenvalue weighted by Gasteiger charge is -2.06. The number of carbonyl (C=O) groups excluding carboxylic acids is 1. The summed E-state index contributed by atoms with van der Waals surface area (Å²) in [6.07, 6.45) is 0. The minimum atomic E-state index is -0.101. The van der Waals surface area contributed by atoms with E-state index >= 15 is 0 Å². The molecule has 6 heteroatoms. The van der Waals surface area contributed by atoms with Crippen LogP contribution in [0, 0.1) is 6.92 Å². The Kier molecular flexibility index (Phi) is 5.68. The van der Waals surface area contributed by atoms with Crippen molar-refractivity contribution in [2.45, 2.75) is 6.92 Å². The van der Waals surface area contributed by atoms with Crippen molar-refractivity contribution in [3.8, 4) is 11.3 Å². The molecule has 1 amide bonds. The van der Waals surface area contributed by atoms with Crippen molar-refractivity contribution < 1.29 is 9.53 Å². The number of nitrogens with zero attached hydrogens (tertiary/aromatic N) is 2. The zero-order chi connectivity index (χ0) is 15.9. The highest BCUT2D eigenvalue weighted by Crippen LogP contribution is 2.24. The topological polar surface area (TPSA) is 68.2 Å². The Bertz CT molecular complexity index is 637. The number of nitrogens with one attached hydrogen (secondary N) is 2. The Labute approximate surface area is 130 Å². The molecule has 118 valence electrons. The van der Waals surface area contributed by atoms with E-state index in [4.69, 9.17) is 4.74 Å². The van der Waals surface area contributed by atoms with Gasteiger partial charge in [0, 0.05) is 32.3 Å². The Morgan fingerprint density at radius 3 is 2.86 bits per heavy atom. The zero-order valence-electron chi connectivity index (χ0n) is 13.2. The van der Waals surface area contributed by atoms with E-state index in [1.165, 1.54) is 0 Å². The first-order valence-corrected chi connectivity index (χ1v) is 7.21. The number of rotatable bonds is 7. The highest BCUT2D eigenvalue weighted by molar-refractivity contribution is 5.92. The van der Waals surface area contributed by atoms with Crippen LogP contribution >= 0.6 is 0 Å². The normalized spacial score (nSPS) is 10.7. The molecule has 0 spiro atoms. The summed E-state index contributed by atoms with van der Waals surface area (Å²) in [5.41, 5.74) is 3.07. The van der Waals surface area contributed by atoms with Crippen LogP contribution in [0.25, 0.3) is 11.3 Å². The van der Waals surface area contributed by atoms with Gasteiger partial charge in [0.05, 0.1) is 18.8 Å². The standard InChI is InChI=1S/C16H22N4O2/c1-12-6-4-5-7-13(12)14-10-15(20(2)19-14)18-16(21)11-17-8-9-22-3/h4-7,10,17H,8-9,11H2,1-3H3,(H,18,21). The molecule has 2 aromatic rings. The van der Waals surface area contributed by atoms with Crippen molar-refractivity contribution >= 4 is 11.7 Å². The largest absolute Gasteiger partial charge is 0.383 e. The quantitative estimate of drug-likeness (QED) is 0.762. The molecule has 0 atom stereocenters. The molecular weight excluding hydrogens is 280 g/mol. The molecule has 1 aromatic heterocycles. The summed E-state index contributed by atoms with van der Waals surface area (Å²) >= 11 is 0. The van der Waals surface area contributed by atoms with Crippen molar-refractivity contribution in [2.24, 2.45) is 7.05 Å².